The topological polar surface area (TPSA) is 39.1 Å². The van der Waals surface area contributed by atoms with Crippen LogP contribution in [0.5, 0.6) is 0 Å². The van der Waals surface area contributed by atoms with Gasteiger partial charge in [-0.2, -0.15) is 5.10 Å². The van der Waals surface area contributed by atoms with Crippen molar-refractivity contribution in [2.75, 3.05) is 25.1 Å². The normalized spacial score (nSPS) is 18.6. The number of anilines is 1. The lowest BCUT2D eigenvalue weighted by atomic mass is 10.1. The van der Waals surface area contributed by atoms with Gasteiger partial charge in [0.1, 0.15) is 0 Å². The number of nitrogens with one attached hydrogen (secondary N) is 1. The van der Waals surface area contributed by atoms with Crippen LogP contribution in [0.4, 0.5) is 5.69 Å². The molecule has 1 N–H and O–H groups in total. The molecule has 1 aromatic carbocycles. The lowest BCUT2D eigenvalue weighted by molar-refractivity contribution is 0.187. The van der Waals surface area contributed by atoms with E-state index in [1.165, 1.54) is 11.3 Å². The van der Waals surface area contributed by atoms with E-state index < -0.39 is 0 Å². The van der Waals surface area contributed by atoms with Crippen molar-refractivity contribution in [2.45, 2.75) is 13.0 Å². The molecule has 19 heavy (non-hydrogen) atoms. The lowest BCUT2D eigenvalue weighted by Gasteiger charge is -2.14. The fourth-order valence-electron chi connectivity index (χ4n) is 2.40. The van der Waals surface area contributed by atoms with E-state index in [1.807, 2.05) is 23.1 Å². The van der Waals surface area contributed by atoms with E-state index in [-0.39, 0.29) is 0 Å². The van der Waals surface area contributed by atoms with Crippen molar-refractivity contribution in [3.05, 3.63) is 48.3 Å². The molecule has 1 saturated heterocycles. The number of rotatable bonds is 5. The molecule has 1 unspecified atom stereocenters. The first-order valence-electron chi connectivity index (χ1n) is 6.79. The number of hydrogen-bond donors (Lipinski definition) is 1. The summed E-state index contributed by atoms with van der Waals surface area (Å²) in [5, 5.41) is 7.81. The summed E-state index contributed by atoms with van der Waals surface area (Å²) in [5.74, 6) is 0.637. The monoisotopic (exact) mass is 257 g/mol. The Kier molecular flexibility index (Phi) is 3.79. The van der Waals surface area contributed by atoms with Crippen LogP contribution in [0.25, 0.3) is 0 Å². The summed E-state index contributed by atoms with van der Waals surface area (Å²) in [6.07, 6.45) is 4.96. The number of benzene rings is 1. The highest BCUT2D eigenvalue weighted by molar-refractivity contribution is 5.51. The number of ether oxygens (including phenoxy) is 1. The molecule has 1 aliphatic heterocycles. The minimum Gasteiger partial charge on any atom is -0.384 e. The third kappa shape index (κ3) is 3.15. The van der Waals surface area contributed by atoms with Crippen molar-refractivity contribution in [1.29, 1.82) is 0 Å². The van der Waals surface area contributed by atoms with E-state index in [1.54, 1.807) is 0 Å². The molecule has 4 heteroatoms. The zero-order chi connectivity index (χ0) is 12.9. The zero-order valence-corrected chi connectivity index (χ0v) is 11.0. The number of hydrogen-bond acceptors (Lipinski definition) is 3. The largest absolute Gasteiger partial charge is 0.384 e. The highest BCUT2D eigenvalue weighted by Crippen LogP contribution is 2.18. The van der Waals surface area contributed by atoms with Crippen LogP contribution in [0.15, 0.2) is 42.7 Å². The van der Waals surface area contributed by atoms with Gasteiger partial charge in [0.05, 0.1) is 13.2 Å². The quantitative estimate of drug-likeness (QED) is 0.894. The summed E-state index contributed by atoms with van der Waals surface area (Å²) in [6, 6.07) is 10.4. The van der Waals surface area contributed by atoms with E-state index in [9.17, 15) is 0 Å². The van der Waals surface area contributed by atoms with Gasteiger partial charge in [-0.3, -0.25) is 4.68 Å². The molecule has 0 amide bonds. The van der Waals surface area contributed by atoms with Crippen LogP contribution in [-0.2, 0) is 11.3 Å². The molecule has 1 aliphatic rings. The van der Waals surface area contributed by atoms with Gasteiger partial charge in [-0.25, -0.2) is 0 Å². The molecule has 2 heterocycles. The van der Waals surface area contributed by atoms with Crippen LogP contribution in [0.1, 0.15) is 12.0 Å². The molecule has 0 radical (unpaired) electrons. The van der Waals surface area contributed by atoms with Gasteiger partial charge < -0.3 is 10.1 Å². The van der Waals surface area contributed by atoms with Gasteiger partial charge in [0.15, 0.2) is 0 Å². The van der Waals surface area contributed by atoms with E-state index in [2.05, 4.69) is 34.7 Å². The van der Waals surface area contributed by atoms with E-state index >= 15 is 0 Å². The summed E-state index contributed by atoms with van der Waals surface area (Å²) >= 11 is 0. The SMILES string of the molecule is c1ccc(NCC2CCOC2)c(Cn2cccn2)c1. The molecule has 3 rings (SSSR count). The molecule has 0 aliphatic carbocycles. The molecule has 0 bridgehead atoms. The number of aromatic nitrogens is 2. The molecule has 2 aromatic rings. The van der Waals surface area contributed by atoms with Gasteiger partial charge in [-0.05, 0) is 24.1 Å². The van der Waals surface area contributed by atoms with Gasteiger partial charge in [-0.1, -0.05) is 18.2 Å². The third-order valence-electron chi connectivity index (χ3n) is 3.51. The molecule has 1 atom stereocenters. The Hall–Kier alpha value is -1.81. The maximum Gasteiger partial charge on any atom is 0.0679 e. The molecule has 0 saturated carbocycles. The lowest BCUT2D eigenvalue weighted by Crippen LogP contribution is -2.15. The third-order valence-corrected chi connectivity index (χ3v) is 3.51. The molecular formula is C15H19N3O. The minimum absolute atomic E-state index is 0.637. The zero-order valence-electron chi connectivity index (χ0n) is 11.0. The van der Waals surface area contributed by atoms with E-state index in [0.29, 0.717) is 5.92 Å². The highest BCUT2D eigenvalue weighted by atomic mass is 16.5. The smallest absolute Gasteiger partial charge is 0.0679 e. The van der Waals surface area contributed by atoms with E-state index in [4.69, 9.17) is 4.74 Å². The second-order valence-corrected chi connectivity index (χ2v) is 4.97. The average molecular weight is 257 g/mol. The van der Waals surface area contributed by atoms with Crippen molar-refractivity contribution in [3.63, 3.8) is 0 Å². The predicted molar refractivity (Wildman–Crippen MR) is 75.2 cm³/mol. The summed E-state index contributed by atoms with van der Waals surface area (Å²) in [6.45, 7) is 3.57. The summed E-state index contributed by atoms with van der Waals surface area (Å²) in [7, 11) is 0. The Balaban J connectivity index is 1.66. The average Bonchev–Trinajstić information content (AvgIpc) is 3.10. The van der Waals surface area contributed by atoms with Crippen molar-refractivity contribution in [1.82, 2.24) is 9.78 Å². The van der Waals surface area contributed by atoms with E-state index in [0.717, 1.165) is 32.7 Å². The minimum atomic E-state index is 0.637. The van der Waals surface area contributed by atoms with Gasteiger partial charge in [0, 0.05) is 37.2 Å². The van der Waals surface area contributed by atoms with Crippen molar-refractivity contribution in [3.8, 4) is 0 Å². The van der Waals surface area contributed by atoms with Crippen LogP contribution in [-0.4, -0.2) is 29.5 Å². The number of para-hydroxylation sites is 1. The maximum absolute atomic E-state index is 5.41. The predicted octanol–water partition coefficient (Wildman–Crippen LogP) is 2.38. The van der Waals surface area contributed by atoms with Gasteiger partial charge in [-0.15, -0.1) is 0 Å². The molecule has 100 valence electrons. The van der Waals surface area contributed by atoms with Crippen LogP contribution in [0, 0.1) is 5.92 Å². The number of nitrogens with zero attached hydrogens (tertiary/aromatic N) is 2. The first-order chi connectivity index (χ1) is 9.42. The van der Waals surface area contributed by atoms with Crippen LogP contribution in [0.3, 0.4) is 0 Å². The Bertz CT molecular complexity index is 504. The molecule has 0 spiro atoms. The summed E-state index contributed by atoms with van der Waals surface area (Å²) < 4.78 is 7.35. The second kappa shape index (κ2) is 5.89. The Morgan fingerprint density at radius 3 is 3.05 bits per heavy atom. The fraction of sp³-hybridized carbons (Fsp3) is 0.400. The highest BCUT2D eigenvalue weighted by Gasteiger charge is 2.15. The van der Waals surface area contributed by atoms with Crippen molar-refractivity contribution < 1.29 is 4.74 Å². The van der Waals surface area contributed by atoms with Crippen LogP contribution >= 0.6 is 0 Å². The van der Waals surface area contributed by atoms with Crippen LogP contribution < -0.4 is 5.32 Å². The Morgan fingerprint density at radius 2 is 2.26 bits per heavy atom. The van der Waals surface area contributed by atoms with Crippen molar-refractivity contribution >= 4 is 5.69 Å². The fourth-order valence-corrected chi connectivity index (χ4v) is 2.40. The first kappa shape index (κ1) is 12.2. The summed E-state index contributed by atoms with van der Waals surface area (Å²) in [4.78, 5) is 0. The molecular weight excluding hydrogens is 238 g/mol. The standard InChI is InChI=1S/C15H19N3O/c1-2-5-15(16-10-13-6-9-19-12-13)14(4-1)11-18-8-3-7-17-18/h1-5,7-8,13,16H,6,9-12H2. The van der Waals surface area contributed by atoms with Gasteiger partial charge in [0.2, 0.25) is 0 Å². The molecule has 4 nitrogen and oxygen atoms in total. The van der Waals surface area contributed by atoms with Gasteiger partial charge in [0.25, 0.3) is 0 Å². The molecule has 1 fully saturated rings. The maximum atomic E-state index is 5.41. The Labute approximate surface area is 113 Å². The Morgan fingerprint density at radius 1 is 1.32 bits per heavy atom. The molecule has 1 aromatic heterocycles. The second-order valence-electron chi connectivity index (χ2n) is 4.97. The van der Waals surface area contributed by atoms with Gasteiger partial charge >= 0.3 is 0 Å². The first-order valence-corrected chi connectivity index (χ1v) is 6.79. The van der Waals surface area contributed by atoms with Crippen molar-refractivity contribution in [2.24, 2.45) is 5.92 Å². The summed E-state index contributed by atoms with van der Waals surface area (Å²) in [5.41, 5.74) is 2.47. The van der Waals surface area contributed by atoms with Crippen LogP contribution in [0.2, 0.25) is 0 Å².